The fraction of sp³-hybridized carbons (Fsp3) is 0.400. The third-order valence-electron chi connectivity index (χ3n) is 5.04. The minimum absolute atomic E-state index is 0.169. The maximum absolute atomic E-state index is 13.8. The predicted molar refractivity (Wildman–Crippen MR) is 113 cm³/mol. The van der Waals surface area contributed by atoms with E-state index in [0.717, 1.165) is 0 Å². The molecule has 32 heavy (non-hydrogen) atoms. The van der Waals surface area contributed by atoms with Gasteiger partial charge in [0, 0.05) is 20.1 Å². The molecule has 0 fully saturated rings. The van der Waals surface area contributed by atoms with Crippen molar-refractivity contribution < 1.29 is 9.13 Å². The van der Waals surface area contributed by atoms with Gasteiger partial charge in [0.15, 0.2) is 11.5 Å². The van der Waals surface area contributed by atoms with Crippen LogP contribution in [0.1, 0.15) is 23.6 Å². The number of tetrazole rings is 1. The average molecular weight is 442 g/mol. The number of benzene rings is 1. The molecule has 12 heteroatoms. The van der Waals surface area contributed by atoms with E-state index in [-0.39, 0.29) is 30.8 Å². The summed E-state index contributed by atoms with van der Waals surface area (Å²) in [5, 5.41) is 12.2. The lowest BCUT2D eigenvalue weighted by atomic mass is 10.1. The molecule has 3 heterocycles. The van der Waals surface area contributed by atoms with Crippen LogP contribution in [0.2, 0.25) is 0 Å². The fourth-order valence-corrected chi connectivity index (χ4v) is 3.49. The van der Waals surface area contributed by atoms with Crippen molar-refractivity contribution in [2.24, 2.45) is 0 Å². The van der Waals surface area contributed by atoms with Gasteiger partial charge in [0.2, 0.25) is 0 Å². The molecule has 168 valence electrons. The number of fused-ring (bicyclic) bond motifs is 1. The van der Waals surface area contributed by atoms with E-state index >= 15 is 0 Å². The number of nitrogens with zero attached hydrogens (tertiary/aromatic N) is 7. The minimum atomic E-state index is -0.446. The van der Waals surface area contributed by atoms with Crippen LogP contribution in [0, 0.1) is 12.7 Å². The monoisotopic (exact) mass is 442 g/mol. The third-order valence-corrected chi connectivity index (χ3v) is 5.04. The van der Waals surface area contributed by atoms with Crippen molar-refractivity contribution in [3.05, 3.63) is 68.1 Å². The Hall–Kier alpha value is -3.67. The second-order valence-electron chi connectivity index (χ2n) is 7.33. The standard InChI is InChI=1S/C20H23FN8O3/c1-13-22-17-18(23-13)27(10-11-32-2)20(31)28(19(17)30)8-5-9-29-25-16(24-26-29)12-14-6-3-4-7-15(14)21/h3-4,6-7H,5,8-12H2,1-2H3,(H,22,23). The Kier molecular flexibility index (Phi) is 6.21. The summed E-state index contributed by atoms with van der Waals surface area (Å²) in [6.45, 7) is 2.83. The maximum Gasteiger partial charge on any atom is 0.332 e. The van der Waals surface area contributed by atoms with Gasteiger partial charge in [-0.2, -0.15) is 4.80 Å². The molecule has 0 unspecified atom stereocenters. The number of methoxy groups -OCH3 is 1. The van der Waals surface area contributed by atoms with Gasteiger partial charge in [-0.15, -0.1) is 10.2 Å². The van der Waals surface area contributed by atoms with Gasteiger partial charge in [-0.1, -0.05) is 18.2 Å². The Labute approximate surface area is 181 Å². The van der Waals surface area contributed by atoms with E-state index in [1.807, 2.05) is 0 Å². The van der Waals surface area contributed by atoms with Crippen molar-refractivity contribution in [1.29, 1.82) is 0 Å². The summed E-state index contributed by atoms with van der Waals surface area (Å²) >= 11 is 0. The van der Waals surface area contributed by atoms with E-state index in [9.17, 15) is 14.0 Å². The SMILES string of the molecule is COCCn1c(=O)n(CCCn2nnc(Cc3ccccc3F)n2)c(=O)c2[nH]c(C)nc21. The van der Waals surface area contributed by atoms with Crippen molar-refractivity contribution in [3.8, 4) is 0 Å². The number of H-pyrrole nitrogens is 1. The molecule has 0 aliphatic heterocycles. The highest BCUT2D eigenvalue weighted by Gasteiger charge is 2.16. The first-order valence-electron chi connectivity index (χ1n) is 10.2. The quantitative estimate of drug-likeness (QED) is 0.403. The van der Waals surface area contributed by atoms with E-state index < -0.39 is 11.2 Å². The first-order valence-corrected chi connectivity index (χ1v) is 10.2. The highest BCUT2D eigenvalue weighted by Crippen LogP contribution is 2.10. The zero-order chi connectivity index (χ0) is 22.7. The molecule has 3 aromatic heterocycles. The van der Waals surface area contributed by atoms with Crippen LogP contribution in [0.25, 0.3) is 11.2 Å². The lowest BCUT2D eigenvalue weighted by Crippen LogP contribution is -2.41. The normalized spacial score (nSPS) is 11.5. The number of hydrogen-bond donors (Lipinski definition) is 1. The van der Waals surface area contributed by atoms with Gasteiger partial charge < -0.3 is 9.72 Å². The van der Waals surface area contributed by atoms with Crippen LogP contribution in [0.3, 0.4) is 0 Å². The summed E-state index contributed by atoms with van der Waals surface area (Å²) < 4.78 is 21.5. The second-order valence-corrected chi connectivity index (χ2v) is 7.33. The molecule has 0 spiro atoms. The summed E-state index contributed by atoms with van der Waals surface area (Å²) in [6.07, 6.45) is 0.653. The molecular weight excluding hydrogens is 419 g/mol. The van der Waals surface area contributed by atoms with E-state index in [2.05, 4.69) is 25.4 Å². The van der Waals surface area contributed by atoms with Crippen LogP contribution >= 0.6 is 0 Å². The van der Waals surface area contributed by atoms with Crippen molar-refractivity contribution in [2.75, 3.05) is 13.7 Å². The fourth-order valence-electron chi connectivity index (χ4n) is 3.49. The molecule has 0 aliphatic carbocycles. The molecule has 0 aliphatic rings. The lowest BCUT2D eigenvalue weighted by molar-refractivity contribution is 0.186. The molecule has 11 nitrogen and oxygen atoms in total. The number of nitrogens with one attached hydrogen (secondary N) is 1. The number of imidazole rings is 1. The molecule has 4 aromatic rings. The first-order chi connectivity index (χ1) is 15.5. The van der Waals surface area contributed by atoms with Gasteiger partial charge in [-0.05, 0) is 30.2 Å². The third kappa shape index (κ3) is 4.35. The number of aryl methyl sites for hydroxylation is 2. The van der Waals surface area contributed by atoms with Gasteiger partial charge in [0.25, 0.3) is 5.56 Å². The number of rotatable bonds is 9. The van der Waals surface area contributed by atoms with Crippen LogP contribution in [0.4, 0.5) is 4.39 Å². The van der Waals surface area contributed by atoms with Gasteiger partial charge >= 0.3 is 5.69 Å². The van der Waals surface area contributed by atoms with E-state index in [4.69, 9.17) is 4.74 Å². The Morgan fingerprint density at radius 2 is 1.94 bits per heavy atom. The molecule has 4 rings (SSSR count). The summed E-state index contributed by atoms with van der Waals surface area (Å²) in [6, 6.07) is 6.42. The summed E-state index contributed by atoms with van der Waals surface area (Å²) in [5.74, 6) is 0.621. The second kappa shape index (κ2) is 9.22. The number of hydrogen-bond acceptors (Lipinski definition) is 7. The van der Waals surface area contributed by atoms with Gasteiger partial charge in [0.1, 0.15) is 17.2 Å². The molecule has 0 amide bonds. The Balaban J connectivity index is 1.49. The van der Waals surface area contributed by atoms with Crippen molar-refractivity contribution in [2.45, 2.75) is 39.4 Å². The molecule has 1 N–H and O–H groups in total. The van der Waals surface area contributed by atoms with E-state index in [1.165, 1.54) is 20.0 Å². The van der Waals surface area contributed by atoms with Crippen LogP contribution in [-0.4, -0.2) is 53.0 Å². The van der Waals surface area contributed by atoms with E-state index in [1.54, 1.807) is 32.2 Å². The zero-order valence-electron chi connectivity index (χ0n) is 17.8. The summed E-state index contributed by atoms with van der Waals surface area (Å²) in [4.78, 5) is 34.4. The summed E-state index contributed by atoms with van der Waals surface area (Å²) in [5.41, 5.74) is 0.216. The summed E-state index contributed by atoms with van der Waals surface area (Å²) in [7, 11) is 1.54. The van der Waals surface area contributed by atoms with Gasteiger partial charge in [-0.25, -0.2) is 14.2 Å². The topological polar surface area (TPSA) is 126 Å². The Bertz CT molecular complexity index is 1350. The zero-order valence-corrected chi connectivity index (χ0v) is 17.8. The number of aromatic nitrogens is 8. The number of halogens is 1. The predicted octanol–water partition coefficient (Wildman–Crippen LogP) is 0.648. The maximum atomic E-state index is 13.8. The smallest absolute Gasteiger partial charge is 0.332 e. The van der Waals surface area contributed by atoms with Crippen molar-refractivity contribution in [3.63, 3.8) is 0 Å². The van der Waals surface area contributed by atoms with Crippen LogP contribution in [-0.2, 0) is 30.8 Å². The molecular formula is C20H23FN8O3. The molecule has 0 radical (unpaired) electrons. The van der Waals surface area contributed by atoms with E-state index in [0.29, 0.717) is 42.4 Å². The molecule has 0 atom stereocenters. The highest BCUT2D eigenvalue weighted by molar-refractivity contribution is 5.69. The molecule has 0 bridgehead atoms. The molecule has 0 saturated carbocycles. The largest absolute Gasteiger partial charge is 0.383 e. The molecule has 0 saturated heterocycles. The number of aromatic amines is 1. The van der Waals surface area contributed by atoms with Crippen LogP contribution in [0.15, 0.2) is 33.9 Å². The van der Waals surface area contributed by atoms with Crippen LogP contribution < -0.4 is 11.2 Å². The van der Waals surface area contributed by atoms with Crippen LogP contribution in [0.5, 0.6) is 0 Å². The minimum Gasteiger partial charge on any atom is -0.383 e. The van der Waals surface area contributed by atoms with Crippen molar-refractivity contribution >= 4 is 11.2 Å². The van der Waals surface area contributed by atoms with Gasteiger partial charge in [0.05, 0.1) is 19.7 Å². The first kappa shape index (κ1) is 21.6. The number of ether oxygens (including phenoxy) is 1. The highest BCUT2D eigenvalue weighted by atomic mass is 19.1. The average Bonchev–Trinajstić information content (AvgIpc) is 3.38. The van der Waals surface area contributed by atoms with Gasteiger partial charge in [-0.3, -0.25) is 13.9 Å². The Morgan fingerprint density at radius 3 is 2.72 bits per heavy atom. The Morgan fingerprint density at radius 1 is 1.12 bits per heavy atom. The lowest BCUT2D eigenvalue weighted by Gasteiger charge is -2.10. The molecule has 1 aromatic carbocycles. The van der Waals surface area contributed by atoms with Crippen molar-refractivity contribution in [1.82, 2.24) is 39.3 Å².